The van der Waals surface area contributed by atoms with Crippen molar-refractivity contribution in [3.05, 3.63) is 33.8 Å². The number of aliphatic hydroxyl groups is 1. The summed E-state index contributed by atoms with van der Waals surface area (Å²) in [7, 11) is 0. The topological polar surface area (TPSA) is 81.7 Å². The first-order chi connectivity index (χ1) is 13.4. The quantitative estimate of drug-likeness (QED) is 0.674. The van der Waals surface area contributed by atoms with Crippen LogP contribution in [-0.2, 0) is 4.79 Å². The molecule has 28 heavy (non-hydrogen) atoms. The largest absolute Gasteiger partial charge is 0.391 e. The lowest BCUT2D eigenvalue weighted by atomic mass is 9.89. The number of halogens is 2. The van der Waals surface area contributed by atoms with Gasteiger partial charge in [0.15, 0.2) is 0 Å². The van der Waals surface area contributed by atoms with Gasteiger partial charge in [-0.2, -0.15) is 0 Å². The Kier molecular flexibility index (Phi) is 7.57. The molecular weight excluding hydrogens is 401 g/mol. The van der Waals surface area contributed by atoms with Gasteiger partial charge >= 0.3 is 0 Å². The van der Waals surface area contributed by atoms with Crippen LogP contribution in [0.4, 0.5) is 0 Å². The minimum Gasteiger partial charge on any atom is -0.391 e. The maximum atomic E-state index is 12.2. The van der Waals surface area contributed by atoms with Crippen molar-refractivity contribution in [2.45, 2.75) is 56.7 Å². The second-order valence-corrected chi connectivity index (χ2v) is 8.45. The normalized spacial score (nSPS) is 24.0. The van der Waals surface area contributed by atoms with E-state index < -0.39 is 5.91 Å². The second kappa shape index (κ2) is 9.92. The van der Waals surface area contributed by atoms with E-state index in [0.717, 1.165) is 45.2 Å². The van der Waals surface area contributed by atoms with Crippen molar-refractivity contribution in [2.75, 3.05) is 19.6 Å². The van der Waals surface area contributed by atoms with Crippen LogP contribution in [0.15, 0.2) is 18.2 Å². The average molecular weight is 428 g/mol. The van der Waals surface area contributed by atoms with Crippen molar-refractivity contribution in [3.8, 4) is 0 Å². The minimum atomic E-state index is -0.405. The lowest BCUT2D eigenvalue weighted by Crippen LogP contribution is -2.53. The number of carbonyl (C=O) groups is 2. The van der Waals surface area contributed by atoms with E-state index in [4.69, 9.17) is 23.2 Å². The van der Waals surface area contributed by atoms with Crippen LogP contribution in [0.2, 0.25) is 10.0 Å². The summed E-state index contributed by atoms with van der Waals surface area (Å²) in [6, 6.07) is 4.97. The van der Waals surface area contributed by atoms with E-state index in [2.05, 4.69) is 15.5 Å². The summed E-state index contributed by atoms with van der Waals surface area (Å²) in [5.41, 5.74) is 0.290. The predicted molar refractivity (Wildman–Crippen MR) is 110 cm³/mol. The summed E-state index contributed by atoms with van der Waals surface area (Å²) in [5, 5.41) is 16.5. The number of likely N-dealkylation sites (tertiary alicyclic amines) is 1. The molecule has 6 nitrogen and oxygen atoms in total. The molecule has 1 saturated carbocycles. The number of aliphatic hydroxyl groups excluding tert-OH is 1. The molecule has 1 aliphatic heterocycles. The van der Waals surface area contributed by atoms with Crippen molar-refractivity contribution < 1.29 is 14.7 Å². The van der Waals surface area contributed by atoms with Gasteiger partial charge in [-0.25, -0.2) is 0 Å². The maximum Gasteiger partial charge on any atom is 0.253 e. The molecule has 0 aromatic heterocycles. The summed E-state index contributed by atoms with van der Waals surface area (Å²) >= 11 is 11.8. The average Bonchev–Trinajstić information content (AvgIpc) is 2.67. The molecule has 2 fully saturated rings. The molecular formula is C20H27Cl2N3O3. The van der Waals surface area contributed by atoms with Gasteiger partial charge in [0.2, 0.25) is 5.91 Å². The van der Waals surface area contributed by atoms with Gasteiger partial charge in [-0.15, -0.1) is 0 Å². The monoisotopic (exact) mass is 427 g/mol. The molecule has 1 aliphatic carbocycles. The van der Waals surface area contributed by atoms with Crippen LogP contribution >= 0.6 is 23.2 Å². The Morgan fingerprint density at radius 1 is 1.11 bits per heavy atom. The molecule has 8 heteroatoms. The van der Waals surface area contributed by atoms with Gasteiger partial charge in [-0.3, -0.25) is 14.5 Å². The molecule has 1 aromatic carbocycles. The van der Waals surface area contributed by atoms with Crippen molar-refractivity contribution in [1.82, 2.24) is 15.5 Å². The third kappa shape index (κ3) is 5.60. The lowest BCUT2D eigenvalue weighted by molar-refractivity contribution is -0.121. The molecule has 154 valence electrons. The number of amides is 2. The summed E-state index contributed by atoms with van der Waals surface area (Å²) in [5.74, 6) is -0.618. The number of piperidine rings is 1. The highest BCUT2D eigenvalue weighted by molar-refractivity contribution is 6.36. The number of rotatable bonds is 5. The zero-order valence-electron chi connectivity index (χ0n) is 15.8. The van der Waals surface area contributed by atoms with Crippen molar-refractivity contribution in [3.63, 3.8) is 0 Å². The molecule has 2 aliphatic rings. The highest BCUT2D eigenvalue weighted by atomic mass is 35.5. The van der Waals surface area contributed by atoms with E-state index in [-0.39, 0.29) is 35.7 Å². The summed E-state index contributed by atoms with van der Waals surface area (Å²) in [6.45, 7) is 1.65. The van der Waals surface area contributed by atoms with Crippen LogP contribution in [0.3, 0.4) is 0 Å². The molecule has 0 bridgehead atoms. The fraction of sp³-hybridized carbons (Fsp3) is 0.600. The Morgan fingerprint density at radius 2 is 1.82 bits per heavy atom. The highest BCUT2D eigenvalue weighted by Gasteiger charge is 2.31. The van der Waals surface area contributed by atoms with Crippen LogP contribution < -0.4 is 10.6 Å². The molecule has 2 atom stereocenters. The Bertz CT molecular complexity index is 708. The molecule has 3 rings (SSSR count). The highest BCUT2D eigenvalue weighted by Crippen LogP contribution is 2.26. The molecule has 1 heterocycles. The van der Waals surface area contributed by atoms with Crippen LogP contribution in [-0.4, -0.2) is 59.6 Å². The maximum absolute atomic E-state index is 12.2. The Labute approximate surface area is 175 Å². The third-order valence-corrected chi connectivity index (χ3v) is 6.19. The molecule has 1 aromatic rings. The SMILES string of the molecule is O=C(CNC(=O)c1ccc(Cl)cc1Cl)NC1CCN([C@H]2CCCC[C@H]2O)CC1. The number of benzene rings is 1. The predicted octanol–water partition coefficient (Wildman–Crippen LogP) is 2.61. The first kappa shape index (κ1) is 21.4. The molecule has 2 amide bonds. The van der Waals surface area contributed by atoms with Gasteiger partial charge in [0.1, 0.15) is 0 Å². The van der Waals surface area contributed by atoms with Crippen molar-refractivity contribution in [2.24, 2.45) is 0 Å². The van der Waals surface area contributed by atoms with Gasteiger partial charge in [0, 0.05) is 30.2 Å². The standard InChI is InChI=1S/C20H27Cl2N3O3/c21-13-5-6-15(16(22)11-13)20(28)23-12-19(27)24-14-7-9-25(10-8-14)17-3-1-2-4-18(17)26/h5-6,11,14,17-18,26H,1-4,7-10,12H2,(H,23,28)(H,24,27)/t17-,18+/m0/s1. The summed E-state index contributed by atoms with van der Waals surface area (Å²) in [4.78, 5) is 26.7. The molecule has 0 radical (unpaired) electrons. The van der Waals surface area contributed by atoms with E-state index in [1.807, 2.05) is 0 Å². The van der Waals surface area contributed by atoms with E-state index in [0.29, 0.717) is 10.6 Å². The molecule has 0 spiro atoms. The number of nitrogens with zero attached hydrogens (tertiary/aromatic N) is 1. The van der Waals surface area contributed by atoms with E-state index >= 15 is 0 Å². The summed E-state index contributed by atoms with van der Waals surface area (Å²) in [6.07, 6.45) is 5.70. The molecule has 1 saturated heterocycles. The number of hydrogen-bond donors (Lipinski definition) is 3. The van der Waals surface area contributed by atoms with E-state index in [1.165, 1.54) is 18.6 Å². The fourth-order valence-corrected chi connectivity index (χ4v) is 4.60. The molecule has 3 N–H and O–H groups in total. The minimum absolute atomic E-state index is 0.0977. The molecule has 0 unspecified atom stereocenters. The van der Waals surface area contributed by atoms with Gasteiger partial charge in [-0.1, -0.05) is 36.0 Å². The van der Waals surface area contributed by atoms with Gasteiger partial charge in [0.05, 0.1) is 23.2 Å². The lowest BCUT2D eigenvalue weighted by Gasteiger charge is -2.41. The smallest absolute Gasteiger partial charge is 0.253 e. The van der Waals surface area contributed by atoms with Gasteiger partial charge < -0.3 is 15.7 Å². The van der Waals surface area contributed by atoms with Crippen LogP contribution in [0.25, 0.3) is 0 Å². The van der Waals surface area contributed by atoms with Gasteiger partial charge in [0.25, 0.3) is 5.91 Å². The first-order valence-corrected chi connectivity index (χ1v) is 10.6. The van der Waals surface area contributed by atoms with Crippen LogP contribution in [0.1, 0.15) is 48.9 Å². The Hall–Kier alpha value is -1.34. The fourth-order valence-electron chi connectivity index (χ4n) is 4.10. The summed E-state index contributed by atoms with van der Waals surface area (Å²) < 4.78 is 0. The first-order valence-electron chi connectivity index (χ1n) is 9.89. The Morgan fingerprint density at radius 3 is 2.50 bits per heavy atom. The van der Waals surface area contributed by atoms with Crippen LogP contribution in [0.5, 0.6) is 0 Å². The van der Waals surface area contributed by atoms with Crippen molar-refractivity contribution >= 4 is 35.0 Å². The second-order valence-electron chi connectivity index (χ2n) is 7.60. The zero-order chi connectivity index (χ0) is 20.1. The zero-order valence-corrected chi connectivity index (χ0v) is 17.3. The van der Waals surface area contributed by atoms with E-state index in [9.17, 15) is 14.7 Å². The number of hydrogen-bond acceptors (Lipinski definition) is 4. The Balaban J connectivity index is 1.40. The third-order valence-electron chi connectivity index (χ3n) is 5.64. The van der Waals surface area contributed by atoms with Crippen LogP contribution in [0, 0.1) is 0 Å². The number of nitrogens with one attached hydrogen (secondary N) is 2. The van der Waals surface area contributed by atoms with Crippen molar-refractivity contribution in [1.29, 1.82) is 0 Å². The van der Waals surface area contributed by atoms with Gasteiger partial charge in [-0.05, 0) is 43.9 Å². The number of carbonyl (C=O) groups excluding carboxylic acids is 2. The van der Waals surface area contributed by atoms with E-state index in [1.54, 1.807) is 6.07 Å².